The van der Waals surface area contributed by atoms with E-state index in [1.54, 1.807) is 45.6 Å². The van der Waals surface area contributed by atoms with Gasteiger partial charge in [0, 0.05) is 48.8 Å². The van der Waals surface area contributed by atoms with Crippen LogP contribution >= 0.6 is 0 Å². The zero-order valence-electron chi connectivity index (χ0n) is 43.3. The summed E-state index contributed by atoms with van der Waals surface area (Å²) in [7, 11) is 4.93. The monoisotopic (exact) mass is 1010 g/mol. The van der Waals surface area contributed by atoms with E-state index in [9.17, 15) is 28.8 Å². The van der Waals surface area contributed by atoms with Crippen molar-refractivity contribution in [2.75, 3.05) is 54.4 Å². The van der Waals surface area contributed by atoms with Crippen molar-refractivity contribution in [2.45, 2.75) is 109 Å². The Balaban J connectivity index is 0.000000359. The van der Waals surface area contributed by atoms with Crippen LogP contribution in [0.5, 0.6) is 28.7 Å². The summed E-state index contributed by atoms with van der Waals surface area (Å²) in [6.45, 7) is 9.57. The van der Waals surface area contributed by atoms with Crippen LogP contribution in [0.25, 0.3) is 0 Å². The van der Waals surface area contributed by atoms with Gasteiger partial charge in [-0.3, -0.25) is 4.79 Å². The zero-order chi connectivity index (χ0) is 53.3. The van der Waals surface area contributed by atoms with E-state index in [2.05, 4.69) is 13.2 Å². The van der Waals surface area contributed by atoms with E-state index in [0.717, 1.165) is 149 Å². The first kappa shape index (κ1) is 62.5. The summed E-state index contributed by atoms with van der Waals surface area (Å²) >= 11 is 0. The fourth-order valence-corrected chi connectivity index (χ4v) is 7.61. The molecule has 15 nitrogen and oxygen atoms in total. The van der Waals surface area contributed by atoms with E-state index >= 15 is 0 Å². The number of hydrogen-bond acceptors (Lipinski definition) is 15. The van der Waals surface area contributed by atoms with E-state index in [4.69, 9.17) is 43.3 Å². The van der Waals surface area contributed by atoms with Crippen LogP contribution in [-0.4, -0.2) is 97.3 Å². The maximum atomic E-state index is 12.2. The topological polar surface area (TPSA) is 200 Å². The summed E-state index contributed by atoms with van der Waals surface area (Å²) in [5, 5.41) is 7.23. The van der Waals surface area contributed by atoms with E-state index < -0.39 is 0 Å². The molecule has 0 saturated heterocycles. The van der Waals surface area contributed by atoms with Crippen LogP contribution in [0.4, 0.5) is 0 Å². The molecule has 0 radical (unpaired) electrons. The van der Waals surface area contributed by atoms with Gasteiger partial charge in [-0.05, 0) is 175 Å². The number of methoxy groups -OCH3 is 3. The second-order valence-corrected chi connectivity index (χ2v) is 17.5. The third kappa shape index (κ3) is 28.3. The van der Waals surface area contributed by atoms with Crippen LogP contribution in [0.15, 0.2) is 92.0 Å². The summed E-state index contributed by atoms with van der Waals surface area (Å²) in [5.41, 5.74) is 1.97. The van der Waals surface area contributed by atoms with Crippen molar-refractivity contribution < 1.29 is 66.7 Å². The summed E-state index contributed by atoms with van der Waals surface area (Å²) in [6.07, 6.45) is 21.8. The van der Waals surface area contributed by atoms with Gasteiger partial charge in [0.25, 0.3) is 0 Å². The number of hydrogen-bond donors (Lipinski definition) is 1. The van der Waals surface area contributed by atoms with Gasteiger partial charge in [-0.25, -0.2) is 9.59 Å². The molecule has 2 aliphatic rings. The van der Waals surface area contributed by atoms with Gasteiger partial charge in [-0.2, -0.15) is 0 Å². The number of ether oxygens (including phenoxy) is 8. The fourth-order valence-electron chi connectivity index (χ4n) is 7.61. The molecule has 5 rings (SSSR count). The molecule has 0 amide bonds. The van der Waals surface area contributed by atoms with Gasteiger partial charge in [0.1, 0.15) is 47.6 Å². The Kier molecular flexibility index (Phi) is 34.2. The molecular weight excluding hydrogens is 935 g/mol. The lowest BCUT2D eigenvalue weighted by Gasteiger charge is -2.23. The highest BCUT2D eigenvalue weighted by Gasteiger charge is 2.27. The first-order valence-corrected chi connectivity index (χ1v) is 25.4. The van der Waals surface area contributed by atoms with Crippen LogP contribution in [0.2, 0.25) is 0 Å². The van der Waals surface area contributed by atoms with Crippen molar-refractivity contribution in [2.24, 2.45) is 23.7 Å². The summed E-state index contributed by atoms with van der Waals surface area (Å²) in [6, 6.07) is 20.4. The van der Waals surface area contributed by atoms with E-state index in [1.165, 1.54) is 18.4 Å². The minimum Gasteiger partial charge on any atom is -0.497 e. The van der Waals surface area contributed by atoms with Crippen molar-refractivity contribution >= 4 is 43.0 Å². The molecule has 0 aromatic heterocycles. The number of benzene rings is 3. The Labute approximate surface area is 432 Å². The number of nitrogens with one attached hydrogen (secondary N) is 1. The molecule has 1 N–H and O–H groups in total. The molecule has 3 aromatic carbocycles. The maximum absolute atomic E-state index is 12.2. The van der Waals surface area contributed by atoms with Crippen molar-refractivity contribution in [3.63, 3.8) is 0 Å². The van der Waals surface area contributed by atoms with Gasteiger partial charge in [-0.1, -0.05) is 19.2 Å². The van der Waals surface area contributed by atoms with Gasteiger partial charge in [0.2, 0.25) is 0 Å². The molecule has 2 fully saturated rings. The number of aldehydes is 3. The minimum atomic E-state index is -0.382. The Morgan fingerprint density at radius 1 is 0.534 bits per heavy atom. The molecule has 0 heterocycles. The summed E-state index contributed by atoms with van der Waals surface area (Å²) < 4.78 is 41.8. The van der Waals surface area contributed by atoms with Crippen molar-refractivity contribution in [3.8, 4) is 28.7 Å². The smallest absolute Gasteiger partial charge is 0.330 e. The maximum Gasteiger partial charge on any atom is 0.330 e. The van der Waals surface area contributed by atoms with E-state index in [0.29, 0.717) is 51.6 Å². The van der Waals surface area contributed by atoms with Gasteiger partial charge >= 0.3 is 17.9 Å². The number of unbranched alkanes of at least 4 members (excludes halogenated alkanes) is 6. The fraction of sp³-hybridized carbons (Fsp3) is 0.500. The molecule has 73 heavy (non-hydrogen) atoms. The highest BCUT2D eigenvalue weighted by Crippen LogP contribution is 2.30. The average molecular weight is 1010 g/mol. The van der Waals surface area contributed by atoms with Crippen LogP contribution < -0.4 is 23.7 Å². The minimum absolute atomic E-state index is 0.0882. The average Bonchev–Trinajstić information content (AvgIpc) is 3.44. The van der Waals surface area contributed by atoms with Gasteiger partial charge in [0.05, 0.1) is 53.2 Å². The van der Waals surface area contributed by atoms with Crippen molar-refractivity contribution in [1.82, 2.24) is 0 Å². The lowest BCUT2D eigenvalue weighted by molar-refractivity contribution is -0.141. The first-order valence-electron chi connectivity index (χ1n) is 25.4. The lowest BCUT2D eigenvalue weighted by atomic mass is 9.83. The predicted octanol–water partition coefficient (Wildman–Crippen LogP) is 10.7. The lowest BCUT2D eigenvalue weighted by Crippen LogP contribution is -2.26. The quantitative estimate of drug-likeness (QED) is 0.0172. The molecule has 0 spiro atoms. The molecule has 0 aliphatic heterocycles. The SMILES string of the molecule is C=CC(=O)OCCCCCCOc1ccc(OC(=O)C2CCC(C=O)CC2)cc1.C=CC(=O)OCCCCCCOc1ccc(OC)cc1.COCCc1ccc(OC)c(C=N)c1.O=CC1CCC(C=O)CC1. The molecule has 2 saturated carbocycles. The molecular formula is C58H79NO14. The zero-order valence-corrected chi connectivity index (χ0v) is 43.3. The van der Waals surface area contributed by atoms with Crippen LogP contribution in [0.1, 0.15) is 114 Å². The van der Waals surface area contributed by atoms with Gasteiger partial charge in [-0.15, -0.1) is 0 Å². The number of esters is 3. The van der Waals surface area contributed by atoms with E-state index in [-0.39, 0.29) is 41.6 Å². The first-order chi connectivity index (χ1) is 35.6. The highest BCUT2D eigenvalue weighted by molar-refractivity contribution is 5.82. The largest absolute Gasteiger partial charge is 0.497 e. The molecule has 400 valence electrons. The molecule has 15 heteroatoms. The van der Waals surface area contributed by atoms with Crippen LogP contribution in [0, 0.1) is 29.1 Å². The summed E-state index contributed by atoms with van der Waals surface area (Å²) in [4.78, 5) is 65.2. The van der Waals surface area contributed by atoms with Crippen molar-refractivity contribution in [3.05, 3.63) is 103 Å². The Hall–Kier alpha value is -6.61. The second-order valence-electron chi connectivity index (χ2n) is 17.5. The Morgan fingerprint density at radius 3 is 1.36 bits per heavy atom. The van der Waals surface area contributed by atoms with Gasteiger partial charge < -0.3 is 57.7 Å². The normalized spacial score (nSPS) is 16.5. The molecule has 2 aliphatic carbocycles. The third-order valence-electron chi connectivity index (χ3n) is 12.1. The highest BCUT2D eigenvalue weighted by atomic mass is 16.5. The van der Waals surface area contributed by atoms with Crippen molar-refractivity contribution in [1.29, 1.82) is 5.41 Å². The van der Waals surface area contributed by atoms with Crippen LogP contribution in [0.3, 0.4) is 0 Å². The number of carbonyl (C=O) groups is 6. The Morgan fingerprint density at radius 2 is 0.959 bits per heavy atom. The molecule has 0 unspecified atom stereocenters. The third-order valence-corrected chi connectivity index (χ3v) is 12.1. The van der Waals surface area contributed by atoms with Crippen LogP contribution in [-0.2, 0) is 49.4 Å². The Bertz CT molecular complexity index is 2020. The number of rotatable bonds is 29. The van der Waals surface area contributed by atoms with E-state index in [1.807, 2.05) is 42.5 Å². The molecule has 0 atom stereocenters. The predicted molar refractivity (Wildman–Crippen MR) is 281 cm³/mol. The standard InChI is InChI=1S/C23H30O6.C16H22O4.C11H15NO2.C8H12O2/c1-2-22(25)28-16-6-4-3-5-15-27-20-11-13-21(14-12-20)29-23(26)19-9-7-18(17-24)8-10-19;1-3-16(17)20-13-7-5-4-6-12-19-15-10-8-14(18-2)9-11-15;1-13-6-5-9-3-4-11(14-2)10(7-9)8-12;9-5-7-1-2-8(6-10)4-3-7/h2,11-14,17-19H,1,3-10,15-16H2;3,8-11H,1,4-7,12-13H2,2H3;3-4,7-8,12H,5-6H2,1-2H3;5-8H,1-4H2. The van der Waals surface area contributed by atoms with Gasteiger partial charge in [0.15, 0.2) is 0 Å². The second kappa shape index (κ2) is 39.9. The summed E-state index contributed by atoms with van der Waals surface area (Å²) in [5.74, 6) is 3.13. The molecule has 3 aromatic rings. The molecule has 0 bridgehead atoms. The number of carbonyl (C=O) groups excluding carboxylic acids is 6.